The molecule has 4 N–H and O–H groups in total. The number of carbonyl (C=O) groups excluding carboxylic acids is 3. The topological polar surface area (TPSA) is 91.7 Å². The number of aryl methyl sites for hydroxylation is 1. The number of quaternary nitrogens is 1. The highest BCUT2D eigenvalue weighted by molar-refractivity contribution is 5.96. The number of nitrogens with one attached hydrogen (secondary N) is 4. The molecule has 7 heteroatoms. The molecule has 27 heavy (non-hydrogen) atoms. The third-order valence-corrected chi connectivity index (χ3v) is 5.08. The highest BCUT2D eigenvalue weighted by Gasteiger charge is 2.26. The molecule has 7 nitrogen and oxygen atoms in total. The van der Waals surface area contributed by atoms with Gasteiger partial charge in [-0.05, 0) is 38.8 Å². The second-order valence-electron chi connectivity index (χ2n) is 7.46. The van der Waals surface area contributed by atoms with Crippen molar-refractivity contribution in [2.75, 3.05) is 18.9 Å². The second kappa shape index (κ2) is 10.1. The van der Waals surface area contributed by atoms with Crippen LogP contribution in [0, 0.1) is 6.92 Å². The summed E-state index contributed by atoms with van der Waals surface area (Å²) in [6, 6.07) is 6.71. The molecule has 1 aliphatic carbocycles. The zero-order valence-corrected chi connectivity index (χ0v) is 16.4. The van der Waals surface area contributed by atoms with E-state index in [1.165, 1.54) is 6.42 Å². The number of amides is 4. The first kappa shape index (κ1) is 20.9. The molecule has 0 aliphatic heterocycles. The lowest BCUT2D eigenvalue weighted by Gasteiger charge is -2.24. The van der Waals surface area contributed by atoms with Crippen LogP contribution in [0.2, 0.25) is 0 Å². The van der Waals surface area contributed by atoms with Gasteiger partial charge in [0.1, 0.15) is 0 Å². The summed E-state index contributed by atoms with van der Waals surface area (Å²) in [6.45, 7) is 3.82. The van der Waals surface area contributed by atoms with Gasteiger partial charge in [-0.25, -0.2) is 4.79 Å². The molecule has 1 saturated carbocycles. The normalized spacial score (nSPS) is 16.9. The maximum Gasteiger partial charge on any atom is 0.321 e. The Bertz CT molecular complexity index is 654. The minimum atomic E-state index is -0.522. The molecular weight excluding hydrogens is 344 g/mol. The van der Waals surface area contributed by atoms with Crippen molar-refractivity contribution in [1.82, 2.24) is 10.6 Å². The minimum absolute atomic E-state index is 0.132. The highest BCUT2D eigenvalue weighted by atomic mass is 16.2. The average Bonchev–Trinajstić information content (AvgIpc) is 2.63. The standard InChI is InChI=1S/C20H30N4O3/c1-14-9-11-17(12-10-14)21-18(25)13-24(3)15(2)19(26)23-20(27)22-16-7-5-4-6-8-16/h9-12,15-16H,4-8,13H2,1-3H3,(H,21,25)(H2,22,23,26,27)/p+1/t15-/m1/s1. The Morgan fingerprint density at radius 2 is 1.74 bits per heavy atom. The number of anilines is 1. The van der Waals surface area contributed by atoms with Crippen LogP contribution in [-0.4, -0.2) is 43.5 Å². The second-order valence-corrected chi connectivity index (χ2v) is 7.46. The summed E-state index contributed by atoms with van der Waals surface area (Å²) in [5, 5.41) is 8.08. The fourth-order valence-corrected chi connectivity index (χ4v) is 3.16. The molecule has 2 atom stereocenters. The van der Waals surface area contributed by atoms with Gasteiger partial charge >= 0.3 is 6.03 Å². The summed E-state index contributed by atoms with van der Waals surface area (Å²) in [6.07, 6.45) is 5.34. The molecule has 0 aromatic heterocycles. The van der Waals surface area contributed by atoms with E-state index < -0.39 is 12.1 Å². The summed E-state index contributed by atoms with van der Waals surface area (Å²) >= 11 is 0. The van der Waals surface area contributed by atoms with Crippen molar-refractivity contribution in [1.29, 1.82) is 0 Å². The first-order valence-corrected chi connectivity index (χ1v) is 9.65. The fourth-order valence-electron chi connectivity index (χ4n) is 3.16. The van der Waals surface area contributed by atoms with E-state index in [1.807, 2.05) is 31.2 Å². The van der Waals surface area contributed by atoms with Crippen molar-refractivity contribution in [2.45, 2.75) is 58.0 Å². The van der Waals surface area contributed by atoms with Crippen molar-refractivity contribution < 1.29 is 19.3 Å². The van der Waals surface area contributed by atoms with E-state index in [0.717, 1.165) is 36.9 Å². The number of imide groups is 1. The Morgan fingerprint density at radius 1 is 1.11 bits per heavy atom. The Hall–Kier alpha value is -2.41. The van der Waals surface area contributed by atoms with E-state index in [2.05, 4.69) is 16.0 Å². The van der Waals surface area contributed by atoms with Crippen LogP contribution < -0.4 is 20.9 Å². The van der Waals surface area contributed by atoms with Crippen LogP contribution in [-0.2, 0) is 9.59 Å². The van der Waals surface area contributed by atoms with Gasteiger partial charge in [0, 0.05) is 11.7 Å². The smallest absolute Gasteiger partial charge is 0.321 e. The molecule has 1 aromatic rings. The maximum absolute atomic E-state index is 12.3. The van der Waals surface area contributed by atoms with Gasteiger partial charge < -0.3 is 15.5 Å². The van der Waals surface area contributed by atoms with Gasteiger partial charge in [0.05, 0.1) is 7.05 Å². The molecule has 0 radical (unpaired) electrons. The van der Waals surface area contributed by atoms with Crippen LogP contribution >= 0.6 is 0 Å². The van der Waals surface area contributed by atoms with Crippen molar-refractivity contribution in [3.63, 3.8) is 0 Å². The molecule has 0 spiro atoms. The van der Waals surface area contributed by atoms with Crippen molar-refractivity contribution >= 4 is 23.5 Å². The third-order valence-electron chi connectivity index (χ3n) is 5.08. The van der Waals surface area contributed by atoms with Crippen molar-refractivity contribution in [2.24, 2.45) is 0 Å². The number of rotatable bonds is 6. The average molecular weight is 375 g/mol. The SMILES string of the molecule is Cc1ccc(NC(=O)C[NH+](C)[C@H](C)C(=O)NC(=O)NC2CCCCC2)cc1. The van der Waals surface area contributed by atoms with Gasteiger partial charge in [-0.1, -0.05) is 37.0 Å². The lowest BCUT2D eigenvalue weighted by molar-refractivity contribution is -0.885. The monoisotopic (exact) mass is 375 g/mol. The van der Waals surface area contributed by atoms with Gasteiger partial charge in [0.25, 0.3) is 11.8 Å². The van der Waals surface area contributed by atoms with Gasteiger partial charge in [-0.3, -0.25) is 14.9 Å². The Balaban J connectivity index is 1.76. The largest absolute Gasteiger partial charge is 0.335 e. The van der Waals surface area contributed by atoms with Gasteiger partial charge in [0.2, 0.25) is 0 Å². The summed E-state index contributed by atoms with van der Waals surface area (Å²) < 4.78 is 0. The molecule has 0 heterocycles. The van der Waals surface area contributed by atoms with Crippen molar-refractivity contribution in [3.8, 4) is 0 Å². The number of carbonyl (C=O) groups is 3. The lowest BCUT2D eigenvalue weighted by atomic mass is 9.96. The molecule has 148 valence electrons. The van der Waals surface area contributed by atoms with Crippen LogP contribution in [0.3, 0.4) is 0 Å². The number of likely N-dealkylation sites (N-methyl/N-ethyl adjacent to an activating group) is 1. The highest BCUT2D eigenvalue weighted by Crippen LogP contribution is 2.17. The van der Waals surface area contributed by atoms with Gasteiger partial charge in [0.15, 0.2) is 12.6 Å². The zero-order chi connectivity index (χ0) is 19.8. The van der Waals surface area contributed by atoms with Crippen molar-refractivity contribution in [3.05, 3.63) is 29.8 Å². The minimum Gasteiger partial charge on any atom is -0.335 e. The summed E-state index contributed by atoms with van der Waals surface area (Å²) in [4.78, 5) is 37.2. The Kier molecular flexibility index (Phi) is 7.79. The molecule has 1 fully saturated rings. The summed E-state index contributed by atoms with van der Waals surface area (Å²) in [5.74, 6) is -0.563. The molecule has 1 unspecified atom stereocenters. The first-order chi connectivity index (χ1) is 12.8. The molecule has 0 bridgehead atoms. The fraction of sp³-hybridized carbons (Fsp3) is 0.550. The maximum atomic E-state index is 12.3. The number of hydrogen-bond acceptors (Lipinski definition) is 3. The molecule has 4 amide bonds. The van der Waals surface area contributed by atoms with E-state index in [4.69, 9.17) is 0 Å². The molecule has 1 aliphatic rings. The van der Waals surface area contributed by atoms with Crippen LogP contribution in [0.5, 0.6) is 0 Å². The van der Waals surface area contributed by atoms with Crippen LogP contribution in [0.1, 0.15) is 44.6 Å². The quantitative estimate of drug-likeness (QED) is 0.598. The summed E-state index contributed by atoms with van der Waals surface area (Å²) in [5.41, 5.74) is 1.84. The third kappa shape index (κ3) is 7.02. The number of urea groups is 1. The van der Waals surface area contributed by atoms with Crippen LogP contribution in [0.25, 0.3) is 0 Å². The van der Waals surface area contributed by atoms with Crippen LogP contribution in [0.4, 0.5) is 10.5 Å². The summed E-state index contributed by atoms with van der Waals surface area (Å²) in [7, 11) is 1.76. The van der Waals surface area contributed by atoms with Gasteiger partial charge in [-0.2, -0.15) is 0 Å². The Labute approximate surface area is 160 Å². The zero-order valence-electron chi connectivity index (χ0n) is 16.4. The number of hydrogen-bond donors (Lipinski definition) is 4. The van der Waals surface area contributed by atoms with E-state index in [0.29, 0.717) is 4.90 Å². The van der Waals surface area contributed by atoms with E-state index >= 15 is 0 Å². The van der Waals surface area contributed by atoms with E-state index in [9.17, 15) is 14.4 Å². The first-order valence-electron chi connectivity index (χ1n) is 9.65. The van der Waals surface area contributed by atoms with Gasteiger partial charge in [-0.15, -0.1) is 0 Å². The molecule has 0 saturated heterocycles. The molecule has 2 rings (SSSR count). The lowest BCUT2D eigenvalue weighted by Crippen LogP contribution is -3.15. The number of benzene rings is 1. The predicted octanol–water partition coefficient (Wildman–Crippen LogP) is 0.995. The molecule has 1 aromatic carbocycles. The molecular formula is C20H31N4O3+. The predicted molar refractivity (Wildman–Crippen MR) is 105 cm³/mol. The van der Waals surface area contributed by atoms with E-state index in [-0.39, 0.29) is 24.4 Å². The van der Waals surface area contributed by atoms with Crippen LogP contribution in [0.15, 0.2) is 24.3 Å². The Morgan fingerprint density at radius 3 is 2.37 bits per heavy atom. The van der Waals surface area contributed by atoms with E-state index in [1.54, 1.807) is 14.0 Å².